The van der Waals surface area contributed by atoms with Crippen molar-refractivity contribution < 1.29 is 26.7 Å². The number of amides is 1. The molecule has 2 aromatic rings. The van der Waals surface area contributed by atoms with Gasteiger partial charge in [-0.1, -0.05) is 18.2 Å². The van der Waals surface area contributed by atoms with Crippen LogP contribution in [0.15, 0.2) is 40.0 Å². The predicted molar refractivity (Wildman–Crippen MR) is 86.4 cm³/mol. The zero-order valence-corrected chi connectivity index (χ0v) is 14.4. The van der Waals surface area contributed by atoms with Crippen molar-refractivity contribution in [1.82, 2.24) is 19.1 Å². The van der Waals surface area contributed by atoms with Gasteiger partial charge in [0.1, 0.15) is 10.6 Å². The lowest BCUT2D eigenvalue weighted by Gasteiger charge is -2.11. The highest BCUT2D eigenvalue weighted by Crippen LogP contribution is 2.24. The molecular formula is C14H14F2N4O5S. The van der Waals surface area contributed by atoms with Gasteiger partial charge in [-0.2, -0.15) is 8.78 Å². The monoisotopic (exact) mass is 388 g/mol. The summed E-state index contributed by atoms with van der Waals surface area (Å²) in [6.07, 6.45) is 3.00. The summed E-state index contributed by atoms with van der Waals surface area (Å²) in [6, 6.07) is 3.15. The van der Waals surface area contributed by atoms with Crippen LogP contribution in [-0.2, 0) is 17.1 Å². The van der Waals surface area contributed by atoms with Gasteiger partial charge in [-0.3, -0.25) is 4.57 Å². The van der Waals surface area contributed by atoms with Gasteiger partial charge in [0, 0.05) is 7.05 Å². The SMILES string of the molecule is C/C=C\c1nn(C(=O)NS(=O)(=O)c2ccccc2OC(F)F)c(=O)n1C. The number of para-hydroxylation sites is 1. The number of carbonyl (C=O) groups is 1. The number of rotatable bonds is 5. The number of alkyl halides is 2. The Kier molecular flexibility index (Phi) is 5.55. The van der Waals surface area contributed by atoms with Crippen LogP contribution in [0.1, 0.15) is 12.7 Å². The molecule has 9 nitrogen and oxygen atoms in total. The summed E-state index contributed by atoms with van der Waals surface area (Å²) in [7, 11) is -3.26. The third-order valence-electron chi connectivity index (χ3n) is 3.10. The van der Waals surface area contributed by atoms with E-state index in [1.807, 2.05) is 0 Å². The predicted octanol–water partition coefficient (Wildman–Crippen LogP) is 1.16. The average molecular weight is 388 g/mol. The first-order valence-corrected chi connectivity index (χ1v) is 8.55. The number of hydrogen-bond acceptors (Lipinski definition) is 6. The number of hydrogen-bond donors (Lipinski definition) is 1. The molecule has 0 spiro atoms. The Hall–Kier alpha value is -3.02. The topological polar surface area (TPSA) is 112 Å². The van der Waals surface area contributed by atoms with Crippen LogP contribution >= 0.6 is 0 Å². The Bertz CT molecular complexity index is 1010. The van der Waals surface area contributed by atoms with Crippen molar-refractivity contribution in [2.75, 3.05) is 0 Å². The number of benzene rings is 1. The van der Waals surface area contributed by atoms with E-state index in [2.05, 4.69) is 9.84 Å². The third kappa shape index (κ3) is 3.96. The Morgan fingerprint density at radius 3 is 2.62 bits per heavy atom. The van der Waals surface area contributed by atoms with Gasteiger partial charge in [-0.05, 0) is 25.1 Å². The van der Waals surface area contributed by atoms with Gasteiger partial charge in [0.2, 0.25) is 0 Å². The molecule has 1 aromatic carbocycles. The van der Waals surface area contributed by atoms with Crippen LogP contribution in [0.3, 0.4) is 0 Å². The normalized spacial score (nSPS) is 11.9. The van der Waals surface area contributed by atoms with E-state index in [0.29, 0.717) is 4.68 Å². The average Bonchev–Trinajstić information content (AvgIpc) is 2.83. The van der Waals surface area contributed by atoms with E-state index >= 15 is 0 Å². The van der Waals surface area contributed by atoms with Crippen molar-refractivity contribution in [3.8, 4) is 5.75 Å². The number of ether oxygens (including phenoxy) is 1. The van der Waals surface area contributed by atoms with Crippen LogP contribution in [0.25, 0.3) is 6.08 Å². The molecule has 140 valence electrons. The highest BCUT2D eigenvalue weighted by Gasteiger charge is 2.26. The highest BCUT2D eigenvalue weighted by atomic mass is 32.2. The summed E-state index contributed by atoms with van der Waals surface area (Å²) in [5.41, 5.74) is -0.886. The largest absolute Gasteiger partial charge is 0.433 e. The number of carbonyl (C=O) groups excluding carboxylic acids is 1. The summed E-state index contributed by atoms with van der Waals surface area (Å²) in [6.45, 7) is -1.60. The van der Waals surface area contributed by atoms with E-state index in [4.69, 9.17) is 0 Å². The second kappa shape index (κ2) is 7.47. The van der Waals surface area contributed by atoms with Gasteiger partial charge >= 0.3 is 18.3 Å². The van der Waals surface area contributed by atoms with E-state index in [-0.39, 0.29) is 5.82 Å². The molecule has 0 aliphatic carbocycles. The Balaban J connectivity index is 2.38. The number of nitrogens with zero attached hydrogens (tertiary/aromatic N) is 3. The summed E-state index contributed by atoms with van der Waals surface area (Å²) < 4.78 is 56.6. The molecule has 1 aromatic heterocycles. The lowest BCUT2D eigenvalue weighted by Crippen LogP contribution is -2.40. The molecular weight excluding hydrogens is 374 g/mol. The Morgan fingerprint density at radius 2 is 2.00 bits per heavy atom. The first-order chi connectivity index (χ1) is 12.2. The number of allylic oxidation sites excluding steroid dienone is 1. The molecule has 1 N–H and O–H groups in total. The molecule has 0 aliphatic heterocycles. The smallest absolute Gasteiger partial charge is 0.387 e. The molecule has 0 atom stereocenters. The van der Waals surface area contributed by atoms with Crippen molar-refractivity contribution in [3.63, 3.8) is 0 Å². The van der Waals surface area contributed by atoms with Gasteiger partial charge in [-0.25, -0.2) is 22.7 Å². The van der Waals surface area contributed by atoms with Crippen LogP contribution < -0.4 is 15.1 Å². The van der Waals surface area contributed by atoms with Crippen molar-refractivity contribution in [3.05, 3.63) is 46.7 Å². The maximum absolute atomic E-state index is 12.4. The molecule has 1 heterocycles. The van der Waals surface area contributed by atoms with Gasteiger partial charge in [0.25, 0.3) is 10.0 Å². The lowest BCUT2D eigenvalue weighted by molar-refractivity contribution is -0.0517. The van der Waals surface area contributed by atoms with Crippen LogP contribution in [0.5, 0.6) is 5.75 Å². The molecule has 0 saturated carbocycles. The van der Waals surface area contributed by atoms with E-state index < -0.39 is 39.0 Å². The number of halogens is 2. The molecule has 0 radical (unpaired) electrons. The molecule has 1 amide bonds. The quantitative estimate of drug-likeness (QED) is 0.823. The second-order valence-corrected chi connectivity index (χ2v) is 6.50. The number of nitrogens with one attached hydrogen (secondary N) is 1. The van der Waals surface area contributed by atoms with Gasteiger partial charge in [0.15, 0.2) is 5.82 Å². The molecule has 0 fully saturated rings. The fraction of sp³-hybridized carbons (Fsp3) is 0.214. The van der Waals surface area contributed by atoms with E-state index in [1.165, 1.54) is 25.3 Å². The summed E-state index contributed by atoms with van der Waals surface area (Å²) >= 11 is 0. The summed E-state index contributed by atoms with van der Waals surface area (Å²) in [5.74, 6) is -0.530. The molecule has 26 heavy (non-hydrogen) atoms. The zero-order valence-electron chi connectivity index (χ0n) is 13.6. The maximum atomic E-state index is 12.4. The van der Waals surface area contributed by atoms with Gasteiger partial charge < -0.3 is 4.74 Å². The van der Waals surface area contributed by atoms with E-state index in [1.54, 1.807) is 17.7 Å². The van der Waals surface area contributed by atoms with Crippen molar-refractivity contribution >= 4 is 22.1 Å². The summed E-state index contributed by atoms with van der Waals surface area (Å²) in [5, 5.41) is 3.70. The van der Waals surface area contributed by atoms with Crippen LogP contribution in [0, 0.1) is 0 Å². The van der Waals surface area contributed by atoms with Gasteiger partial charge in [-0.15, -0.1) is 9.78 Å². The first-order valence-electron chi connectivity index (χ1n) is 7.07. The van der Waals surface area contributed by atoms with Crippen LogP contribution in [-0.4, -0.2) is 35.4 Å². The zero-order chi connectivity index (χ0) is 19.5. The van der Waals surface area contributed by atoms with Crippen molar-refractivity contribution in [2.24, 2.45) is 7.05 Å². The minimum Gasteiger partial charge on any atom is -0.433 e. The maximum Gasteiger partial charge on any atom is 0.387 e. The fourth-order valence-corrected chi connectivity index (χ4v) is 3.02. The van der Waals surface area contributed by atoms with E-state index in [9.17, 15) is 26.8 Å². The molecule has 0 saturated heterocycles. The molecule has 0 unspecified atom stereocenters. The van der Waals surface area contributed by atoms with Gasteiger partial charge in [0.05, 0.1) is 0 Å². The minimum atomic E-state index is -4.60. The third-order valence-corrected chi connectivity index (χ3v) is 4.46. The van der Waals surface area contributed by atoms with Crippen molar-refractivity contribution in [1.29, 1.82) is 0 Å². The Morgan fingerprint density at radius 1 is 1.35 bits per heavy atom. The lowest BCUT2D eigenvalue weighted by atomic mass is 10.3. The second-order valence-electron chi connectivity index (χ2n) is 4.85. The van der Waals surface area contributed by atoms with Crippen LogP contribution in [0.2, 0.25) is 0 Å². The highest BCUT2D eigenvalue weighted by molar-refractivity contribution is 7.90. The van der Waals surface area contributed by atoms with E-state index in [0.717, 1.165) is 16.7 Å². The minimum absolute atomic E-state index is 0.117. The number of aromatic nitrogens is 3. The Labute approximate surface area is 146 Å². The number of sulfonamides is 1. The molecule has 12 heteroatoms. The molecule has 2 rings (SSSR count). The molecule has 0 bridgehead atoms. The molecule has 0 aliphatic rings. The standard InChI is InChI=1S/C14H14F2N4O5S/c1-3-6-11-17-20(14(22)19(11)2)13(21)18-26(23,24)10-8-5-4-7-9(10)25-12(15)16/h3-8,12H,1-2H3,(H,18,21)/b6-3-. The first kappa shape index (κ1) is 19.3. The summed E-state index contributed by atoms with van der Waals surface area (Å²) in [4.78, 5) is 23.4. The fourth-order valence-electron chi connectivity index (χ4n) is 1.96. The van der Waals surface area contributed by atoms with Crippen molar-refractivity contribution in [2.45, 2.75) is 18.4 Å². The van der Waals surface area contributed by atoms with Crippen LogP contribution in [0.4, 0.5) is 13.6 Å².